The molecule has 0 aliphatic rings. The number of aryl methyl sites for hydroxylation is 1. The lowest BCUT2D eigenvalue weighted by Gasteiger charge is -2.23. The first-order valence-corrected chi connectivity index (χ1v) is 7.41. The Bertz CT molecular complexity index is 624. The molecule has 2 heteroatoms. The Labute approximate surface area is 127 Å². The number of nitriles is 1. The topological polar surface area (TPSA) is 35.8 Å². The quantitative estimate of drug-likeness (QED) is 0.859. The monoisotopic (exact) mass is 278 g/mol. The molecular formula is C19H22N2. The second-order valence-electron chi connectivity index (χ2n) is 5.78. The molecule has 0 heterocycles. The fourth-order valence-electron chi connectivity index (χ4n) is 2.54. The first-order valence-electron chi connectivity index (χ1n) is 7.41. The van der Waals surface area contributed by atoms with Gasteiger partial charge in [0.15, 0.2) is 0 Å². The van der Waals surface area contributed by atoms with E-state index in [0.717, 1.165) is 12.2 Å². The summed E-state index contributed by atoms with van der Waals surface area (Å²) >= 11 is 0. The molecule has 0 aliphatic heterocycles. The summed E-state index contributed by atoms with van der Waals surface area (Å²) in [5, 5.41) is 12.5. The highest BCUT2D eigenvalue weighted by atomic mass is 14.9. The maximum Gasteiger partial charge on any atom is 0.0992 e. The molecule has 2 aromatic carbocycles. The van der Waals surface area contributed by atoms with Crippen molar-refractivity contribution in [3.63, 3.8) is 0 Å². The standard InChI is InChI=1S/C19H22N2/c1-14(2)18(17-7-5-4-6-8-17)13-21-19-11-16(12-20)10-9-15(19)3/h4-11,14,18,21H,13H2,1-3H3. The lowest BCUT2D eigenvalue weighted by Crippen LogP contribution is -2.18. The number of nitrogens with zero attached hydrogens (tertiary/aromatic N) is 1. The van der Waals surface area contributed by atoms with Crippen LogP contribution in [-0.4, -0.2) is 6.54 Å². The van der Waals surface area contributed by atoms with Crippen molar-refractivity contribution in [2.75, 3.05) is 11.9 Å². The van der Waals surface area contributed by atoms with Gasteiger partial charge in [-0.2, -0.15) is 5.26 Å². The van der Waals surface area contributed by atoms with E-state index in [4.69, 9.17) is 5.26 Å². The van der Waals surface area contributed by atoms with E-state index in [0.29, 0.717) is 17.4 Å². The van der Waals surface area contributed by atoms with Gasteiger partial charge in [-0.25, -0.2) is 0 Å². The molecular weight excluding hydrogens is 256 g/mol. The molecule has 0 saturated carbocycles. The number of hydrogen-bond donors (Lipinski definition) is 1. The number of benzene rings is 2. The average molecular weight is 278 g/mol. The summed E-state index contributed by atoms with van der Waals surface area (Å²) in [4.78, 5) is 0. The van der Waals surface area contributed by atoms with Crippen molar-refractivity contribution in [3.05, 3.63) is 65.2 Å². The van der Waals surface area contributed by atoms with Gasteiger partial charge in [-0.05, 0) is 36.1 Å². The van der Waals surface area contributed by atoms with Gasteiger partial charge >= 0.3 is 0 Å². The second-order valence-corrected chi connectivity index (χ2v) is 5.78. The van der Waals surface area contributed by atoms with Crippen LogP contribution in [0.25, 0.3) is 0 Å². The summed E-state index contributed by atoms with van der Waals surface area (Å²) in [5.74, 6) is 1.01. The molecule has 0 radical (unpaired) electrons. The SMILES string of the molecule is Cc1ccc(C#N)cc1NCC(c1ccccc1)C(C)C. The smallest absolute Gasteiger partial charge is 0.0992 e. The van der Waals surface area contributed by atoms with E-state index in [-0.39, 0.29) is 0 Å². The van der Waals surface area contributed by atoms with E-state index in [9.17, 15) is 0 Å². The van der Waals surface area contributed by atoms with E-state index in [1.807, 2.05) is 18.2 Å². The van der Waals surface area contributed by atoms with Crippen LogP contribution in [0.15, 0.2) is 48.5 Å². The van der Waals surface area contributed by atoms with Crippen molar-refractivity contribution >= 4 is 5.69 Å². The predicted molar refractivity (Wildman–Crippen MR) is 88.4 cm³/mol. The fraction of sp³-hybridized carbons (Fsp3) is 0.316. The fourth-order valence-corrected chi connectivity index (χ4v) is 2.54. The van der Waals surface area contributed by atoms with Gasteiger partial charge in [-0.15, -0.1) is 0 Å². The second kappa shape index (κ2) is 6.95. The molecule has 0 spiro atoms. The Kier molecular flexibility index (Phi) is 5.00. The van der Waals surface area contributed by atoms with Gasteiger partial charge in [0.2, 0.25) is 0 Å². The first kappa shape index (κ1) is 15.1. The summed E-state index contributed by atoms with van der Waals surface area (Å²) in [6, 6.07) is 18.6. The van der Waals surface area contributed by atoms with Crippen molar-refractivity contribution in [2.24, 2.45) is 5.92 Å². The minimum absolute atomic E-state index is 0.455. The minimum Gasteiger partial charge on any atom is -0.384 e. The summed E-state index contributed by atoms with van der Waals surface area (Å²) < 4.78 is 0. The minimum atomic E-state index is 0.455. The highest BCUT2D eigenvalue weighted by Gasteiger charge is 2.15. The molecule has 0 saturated heterocycles. The zero-order valence-electron chi connectivity index (χ0n) is 12.9. The van der Waals surface area contributed by atoms with Crippen LogP contribution in [0, 0.1) is 24.2 Å². The Morgan fingerprint density at radius 1 is 1.10 bits per heavy atom. The van der Waals surface area contributed by atoms with Crippen LogP contribution < -0.4 is 5.32 Å². The molecule has 108 valence electrons. The molecule has 2 nitrogen and oxygen atoms in total. The molecule has 0 bridgehead atoms. The third-order valence-corrected chi connectivity index (χ3v) is 3.91. The number of nitrogens with one attached hydrogen (secondary N) is 1. The van der Waals surface area contributed by atoms with Crippen LogP contribution in [0.3, 0.4) is 0 Å². The van der Waals surface area contributed by atoms with Crippen LogP contribution in [0.4, 0.5) is 5.69 Å². The molecule has 0 aliphatic carbocycles. The Hall–Kier alpha value is -2.27. The van der Waals surface area contributed by atoms with Crippen molar-refractivity contribution in [1.82, 2.24) is 0 Å². The summed E-state index contributed by atoms with van der Waals surface area (Å²) in [6.07, 6.45) is 0. The number of rotatable bonds is 5. The Balaban J connectivity index is 2.15. The van der Waals surface area contributed by atoms with Gasteiger partial charge in [0.25, 0.3) is 0 Å². The maximum absolute atomic E-state index is 9.02. The zero-order valence-corrected chi connectivity index (χ0v) is 12.9. The van der Waals surface area contributed by atoms with Crippen molar-refractivity contribution in [3.8, 4) is 6.07 Å². The van der Waals surface area contributed by atoms with Crippen LogP contribution >= 0.6 is 0 Å². The highest BCUT2D eigenvalue weighted by molar-refractivity contribution is 5.55. The van der Waals surface area contributed by atoms with E-state index >= 15 is 0 Å². The van der Waals surface area contributed by atoms with Crippen molar-refractivity contribution < 1.29 is 0 Å². The van der Waals surface area contributed by atoms with Crippen LogP contribution in [0.5, 0.6) is 0 Å². The van der Waals surface area contributed by atoms with Gasteiger partial charge in [0.1, 0.15) is 0 Å². The molecule has 0 aromatic heterocycles. The van der Waals surface area contributed by atoms with Gasteiger partial charge in [-0.3, -0.25) is 0 Å². The Morgan fingerprint density at radius 2 is 1.81 bits per heavy atom. The van der Waals surface area contributed by atoms with Crippen LogP contribution in [-0.2, 0) is 0 Å². The molecule has 2 aromatic rings. The van der Waals surface area contributed by atoms with Gasteiger partial charge < -0.3 is 5.32 Å². The van der Waals surface area contributed by atoms with Crippen molar-refractivity contribution in [1.29, 1.82) is 5.26 Å². The molecule has 1 unspecified atom stereocenters. The maximum atomic E-state index is 9.02. The van der Waals surface area contributed by atoms with Gasteiger partial charge in [0.05, 0.1) is 11.6 Å². The highest BCUT2D eigenvalue weighted by Crippen LogP contribution is 2.26. The van der Waals surface area contributed by atoms with E-state index < -0.39 is 0 Å². The van der Waals surface area contributed by atoms with E-state index in [1.54, 1.807) is 0 Å². The third-order valence-electron chi connectivity index (χ3n) is 3.91. The zero-order chi connectivity index (χ0) is 15.2. The first-order chi connectivity index (χ1) is 10.1. The lowest BCUT2D eigenvalue weighted by molar-refractivity contribution is 0.517. The van der Waals surface area contributed by atoms with Crippen LogP contribution in [0.2, 0.25) is 0 Å². The lowest BCUT2D eigenvalue weighted by atomic mass is 9.88. The molecule has 1 N–H and O–H groups in total. The molecule has 0 amide bonds. The molecule has 21 heavy (non-hydrogen) atoms. The predicted octanol–water partition coefficient (Wildman–Crippen LogP) is 4.72. The van der Waals surface area contributed by atoms with Crippen LogP contribution in [0.1, 0.15) is 36.5 Å². The largest absolute Gasteiger partial charge is 0.384 e. The number of hydrogen-bond acceptors (Lipinski definition) is 2. The van der Waals surface area contributed by atoms with E-state index in [1.165, 1.54) is 11.1 Å². The molecule has 0 fully saturated rings. The summed E-state index contributed by atoms with van der Waals surface area (Å²) in [6.45, 7) is 7.43. The van der Waals surface area contributed by atoms with Crippen molar-refractivity contribution in [2.45, 2.75) is 26.7 Å². The summed E-state index contributed by atoms with van der Waals surface area (Å²) in [7, 11) is 0. The average Bonchev–Trinajstić information content (AvgIpc) is 2.50. The normalized spacial score (nSPS) is 12.0. The third kappa shape index (κ3) is 3.86. The Morgan fingerprint density at radius 3 is 2.43 bits per heavy atom. The van der Waals surface area contributed by atoms with Gasteiger partial charge in [0, 0.05) is 18.2 Å². The molecule has 1 atom stereocenters. The molecule has 2 rings (SSSR count). The number of anilines is 1. The van der Waals surface area contributed by atoms with Gasteiger partial charge in [-0.1, -0.05) is 50.2 Å². The summed E-state index contributed by atoms with van der Waals surface area (Å²) in [5.41, 5.74) is 4.28. The van der Waals surface area contributed by atoms with E-state index in [2.05, 4.69) is 62.5 Å².